The predicted octanol–water partition coefficient (Wildman–Crippen LogP) is 1.78. The fourth-order valence-electron chi connectivity index (χ4n) is 5.25. The van der Waals surface area contributed by atoms with Crippen LogP contribution < -0.4 is 16.4 Å². The van der Waals surface area contributed by atoms with Crippen molar-refractivity contribution in [1.29, 1.82) is 0 Å². The summed E-state index contributed by atoms with van der Waals surface area (Å²) in [5.74, 6) is -2.03. The van der Waals surface area contributed by atoms with Crippen LogP contribution in [0.3, 0.4) is 0 Å². The molecule has 1 aliphatic rings. The summed E-state index contributed by atoms with van der Waals surface area (Å²) >= 11 is 1.49. The lowest BCUT2D eigenvalue weighted by Crippen LogP contribution is -2.57. The molecule has 4 atom stereocenters. The van der Waals surface area contributed by atoms with Gasteiger partial charge in [0, 0.05) is 30.1 Å². The molecule has 0 saturated carbocycles. The Kier molecular flexibility index (Phi) is 10.5. The number of carboxylic acids is 1. The van der Waals surface area contributed by atoms with Crippen LogP contribution in [-0.4, -0.2) is 86.5 Å². The van der Waals surface area contributed by atoms with E-state index in [1.807, 2.05) is 36.7 Å². The standard InChI is InChI=1S/C30H37N5O6S/c1-42-14-12-24(27(37)34-25(30(40)41)15-18-8-10-20(36)11-9-18)33-28(38)26-7-4-13-35(26)29(39)22(31)16-19-17-32-23-6-3-2-5-21(19)23/h2-3,5-6,8-11,17,22,24-26,32,36H,4,7,12-16,31H2,1H3,(H,33,38)(H,34,37)(H,40,41). The Labute approximate surface area is 248 Å². The van der Waals surface area contributed by atoms with Gasteiger partial charge in [-0.1, -0.05) is 30.3 Å². The van der Waals surface area contributed by atoms with Crippen LogP contribution >= 0.6 is 11.8 Å². The molecule has 11 nitrogen and oxygen atoms in total. The minimum atomic E-state index is -1.23. The number of benzene rings is 2. The molecule has 7 N–H and O–H groups in total. The fraction of sp³-hybridized carbons (Fsp3) is 0.400. The summed E-state index contributed by atoms with van der Waals surface area (Å²) in [6, 6.07) is 9.97. The zero-order chi connectivity index (χ0) is 30.2. The quantitative estimate of drug-likeness (QED) is 0.173. The van der Waals surface area contributed by atoms with E-state index in [1.54, 1.807) is 12.1 Å². The highest BCUT2D eigenvalue weighted by Gasteiger charge is 2.38. The highest BCUT2D eigenvalue weighted by molar-refractivity contribution is 7.98. The first-order valence-electron chi connectivity index (χ1n) is 13.9. The van der Waals surface area contributed by atoms with Crippen LogP contribution in [0.2, 0.25) is 0 Å². The number of H-pyrrole nitrogens is 1. The van der Waals surface area contributed by atoms with E-state index in [-0.39, 0.29) is 24.5 Å². The fourth-order valence-corrected chi connectivity index (χ4v) is 5.72. The summed E-state index contributed by atoms with van der Waals surface area (Å²) in [4.78, 5) is 56.6. The number of carbonyl (C=O) groups is 4. The molecule has 0 radical (unpaired) electrons. The molecule has 4 unspecified atom stereocenters. The average Bonchev–Trinajstić information content (AvgIpc) is 3.63. The largest absolute Gasteiger partial charge is 0.508 e. The van der Waals surface area contributed by atoms with Crippen LogP contribution in [0.5, 0.6) is 5.75 Å². The SMILES string of the molecule is CSCCC(NC(=O)C1CCCN1C(=O)C(N)Cc1c[nH]c2ccccc12)C(=O)NC(Cc1ccc(O)cc1)C(=O)O. The van der Waals surface area contributed by atoms with Crippen molar-refractivity contribution < 1.29 is 29.4 Å². The van der Waals surface area contributed by atoms with Gasteiger partial charge in [-0.15, -0.1) is 0 Å². The van der Waals surface area contributed by atoms with Crippen LogP contribution in [0, 0.1) is 0 Å². The lowest BCUT2D eigenvalue weighted by Gasteiger charge is -2.28. The van der Waals surface area contributed by atoms with Crippen LogP contribution in [-0.2, 0) is 32.0 Å². The van der Waals surface area contributed by atoms with Gasteiger partial charge in [0.05, 0.1) is 6.04 Å². The van der Waals surface area contributed by atoms with Gasteiger partial charge in [0.25, 0.3) is 0 Å². The number of para-hydroxylation sites is 1. The highest BCUT2D eigenvalue weighted by Crippen LogP contribution is 2.22. The van der Waals surface area contributed by atoms with Crippen molar-refractivity contribution in [2.24, 2.45) is 5.73 Å². The molecule has 1 fully saturated rings. The number of nitrogens with one attached hydrogen (secondary N) is 3. The van der Waals surface area contributed by atoms with E-state index < -0.39 is 42.0 Å². The van der Waals surface area contributed by atoms with Gasteiger partial charge in [0.2, 0.25) is 17.7 Å². The third kappa shape index (κ3) is 7.62. The second-order valence-electron chi connectivity index (χ2n) is 10.5. The summed E-state index contributed by atoms with van der Waals surface area (Å²) in [6.45, 7) is 0.383. The van der Waals surface area contributed by atoms with E-state index in [9.17, 15) is 29.4 Å². The lowest BCUT2D eigenvalue weighted by molar-refractivity contribution is -0.143. The van der Waals surface area contributed by atoms with Crippen molar-refractivity contribution in [2.75, 3.05) is 18.6 Å². The molecule has 42 heavy (non-hydrogen) atoms. The molecule has 224 valence electrons. The van der Waals surface area contributed by atoms with E-state index in [2.05, 4.69) is 15.6 Å². The monoisotopic (exact) mass is 595 g/mol. The molecule has 12 heteroatoms. The van der Waals surface area contributed by atoms with E-state index in [0.717, 1.165) is 16.5 Å². The minimum Gasteiger partial charge on any atom is -0.508 e. The summed E-state index contributed by atoms with van der Waals surface area (Å²) in [7, 11) is 0. The van der Waals surface area contributed by atoms with E-state index in [1.165, 1.54) is 28.8 Å². The third-order valence-corrected chi connectivity index (χ3v) is 8.15. The van der Waals surface area contributed by atoms with Gasteiger partial charge in [0.1, 0.15) is 23.9 Å². The minimum absolute atomic E-state index is 0.00374. The molecule has 2 heterocycles. The first-order chi connectivity index (χ1) is 20.2. The molecular weight excluding hydrogens is 558 g/mol. The number of hydrogen-bond acceptors (Lipinski definition) is 7. The van der Waals surface area contributed by atoms with Gasteiger partial charge in [0.15, 0.2) is 0 Å². The van der Waals surface area contributed by atoms with Crippen molar-refractivity contribution >= 4 is 46.4 Å². The lowest BCUT2D eigenvalue weighted by atomic mass is 10.0. The molecule has 0 spiro atoms. The Morgan fingerprint density at radius 3 is 2.52 bits per heavy atom. The Balaban J connectivity index is 1.40. The Bertz CT molecular complexity index is 1410. The number of hydrogen-bond donors (Lipinski definition) is 6. The molecule has 2 aromatic carbocycles. The van der Waals surface area contributed by atoms with Gasteiger partial charge in [-0.05, 0) is 67.0 Å². The number of rotatable bonds is 13. The van der Waals surface area contributed by atoms with Crippen LogP contribution in [0.15, 0.2) is 54.7 Å². The Hall–Kier alpha value is -4.03. The summed E-state index contributed by atoms with van der Waals surface area (Å²) in [5.41, 5.74) is 8.83. The van der Waals surface area contributed by atoms with Crippen molar-refractivity contribution in [1.82, 2.24) is 20.5 Å². The first kappa shape index (κ1) is 30.9. The number of nitrogens with two attached hydrogens (primary N) is 1. The maximum absolute atomic E-state index is 13.4. The van der Waals surface area contributed by atoms with Gasteiger partial charge in [-0.3, -0.25) is 14.4 Å². The molecule has 1 aliphatic heterocycles. The molecule has 1 aromatic heterocycles. The van der Waals surface area contributed by atoms with Gasteiger partial charge < -0.3 is 36.5 Å². The number of phenols is 1. The molecule has 0 aliphatic carbocycles. The number of aromatic nitrogens is 1. The van der Waals surface area contributed by atoms with Crippen molar-refractivity contribution in [3.8, 4) is 5.75 Å². The summed E-state index contributed by atoms with van der Waals surface area (Å²) in [6.07, 6.45) is 5.37. The number of likely N-dealkylation sites (tertiary alicyclic amines) is 1. The van der Waals surface area contributed by atoms with Gasteiger partial charge in [-0.25, -0.2) is 4.79 Å². The molecule has 1 saturated heterocycles. The number of fused-ring (bicyclic) bond motifs is 1. The normalized spacial score (nSPS) is 17.0. The summed E-state index contributed by atoms with van der Waals surface area (Å²) in [5, 5.41) is 25.5. The second-order valence-corrected chi connectivity index (χ2v) is 11.5. The average molecular weight is 596 g/mol. The van der Waals surface area contributed by atoms with Gasteiger partial charge in [-0.2, -0.15) is 11.8 Å². The maximum Gasteiger partial charge on any atom is 0.326 e. The second kappa shape index (κ2) is 14.2. The predicted molar refractivity (Wildman–Crippen MR) is 161 cm³/mol. The van der Waals surface area contributed by atoms with Crippen LogP contribution in [0.25, 0.3) is 10.9 Å². The number of amides is 3. The van der Waals surface area contributed by atoms with Crippen LogP contribution in [0.4, 0.5) is 0 Å². The maximum atomic E-state index is 13.4. The summed E-state index contributed by atoms with van der Waals surface area (Å²) < 4.78 is 0. The van der Waals surface area contributed by atoms with Crippen LogP contribution in [0.1, 0.15) is 30.4 Å². The number of aliphatic carboxylic acids is 1. The number of phenolic OH excluding ortho intramolecular Hbond substituents is 1. The van der Waals surface area contributed by atoms with E-state index in [0.29, 0.717) is 37.1 Å². The van der Waals surface area contributed by atoms with Crippen molar-refractivity contribution in [2.45, 2.75) is 56.3 Å². The number of aromatic amines is 1. The topological polar surface area (TPSA) is 178 Å². The molecule has 3 aromatic rings. The number of thioether (sulfide) groups is 1. The van der Waals surface area contributed by atoms with E-state index in [4.69, 9.17) is 5.73 Å². The number of carbonyl (C=O) groups excluding carboxylic acids is 3. The van der Waals surface area contributed by atoms with Crippen molar-refractivity contribution in [3.63, 3.8) is 0 Å². The van der Waals surface area contributed by atoms with Crippen molar-refractivity contribution in [3.05, 3.63) is 65.9 Å². The number of carboxylic acid groups (broad SMARTS) is 1. The number of nitrogens with zero attached hydrogens (tertiary/aromatic N) is 1. The van der Waals surface area contributed by atoms with Gasteiger partial charge >= 0.3 is 5.97 Å². The Morgan fingerprint density at radius 1 is 1.07 bits per heavy atom. The zero-order valence-corrected chi connectivity index (χ0v) is 24.2. The number of aromatic hydroxyl groups is 1. The first-order valence-corrected chi connectivity index (χ1v) is 15.3. The third-order valence-electron chi connectivity index (χ3n) is 7.50. The molecule has 3 amide bonds. The van der Waals surface area contributed by atoms with E-state index >= 15 is 0 Å². The Morgan fingerprint density at radius 2 is 1.81 bits per heavy atom. The molecule has 0 bridgehead atoms. The molecular formula is C30H37N5O6S. The zero-order valence-electron chi connectivity index (χ0n) is 23.4. The smallest absolute Gasteiger partial charge is 0.326 e. The molecule has 4 rings (SSSR count). The highest BCUT2D eigenvalue weighted by atomic mass is 32.2.